The molecule has 1 aromatic heterocycles. The highest BCUT2D eigenvalue weighted by Gasteiger charge is 2.45. The molecule has 0 saturated carbocycles. The predicted octanol–water partition coefficient (Wildman–Crippen LogP) is 2.22. The molecule has 2 aliphatic heterocycles. The summed E-state index contributed by atoms with van der Waals surface area (Å²) in [4.78, 5) is 35.1. The zero-order chi connectivity index (χ0) is 19.7. The number of carbonyl (C=O) groups is 2. The minimum Gasteiger partial charge on any atom is -0.347 e. The Labute approximate surface area is 161 Å². The van der Waals surface area contributed by atoms with Crippen molar-refractivity contribution in [3.8, 4) is 11.5 Å². The Bertz CT molecular complexity index is 1020. The molecule has 0 spiro atoms. The highest BCUT2D eigenvalue weighted by Crippen LogP contribution is 2.29. The van der Waals surface area contributed by atoms with Crippen molar-refractivity contribution in [2.45, 2.75) is 32.4 Å². The van der Waals surface area contributed by atoms with E-state index in [0.29, 0.717) is 17.6 Å². The van der Waals surface area contributed by atoms with Crippen molar-refractivity contribution in [1.82, 2.24) is 20.4 Å². The number of amidine groups is 1. The van der Waals surface area contributed by atoms with E-state index in [1.54, 1.807) is 24.1 Å². The molecule has 28 heavy (non-hydrogen) atoms. The maximum absolute atomic E-state index is 13.0. The number of amides is 2. The van der Waals surface area contributed by atoms with Gasteiger partial charge in [-0.25, -0.2) is 0 Å². The Morgan fingerprint density at radius 1 is 1.32 bits per heavy atom. The van der Waals surface area contributed by atoms with Gasteiger partial charge in [-0.2, -0.15) is 9.98 Å². The fourth-order valence-corrected chi connectivity index (χ4v) is 3.20. The van der Waals surface area contributed by atoms with Crippen LogP contribution in [0.4, 0.5) is 0 Å². The average molecular weight is 377 g/mol. The molecule has 1 aromatic carbocycles. The predicted molar refractivity (Wildman–Crippen MR) is 102 cm³/mol. The number of nitrogens with one attached hydrogen (secondary N) is 1. The molecule has 142 valence electrons. The second-order valence-electron chi connectivity index (χ2n) is 6.95. The molecule has 3 heterocycles. The Morgan fingerprint density at radius 3 is 2.89 bits per heavy atom. The van der Waals surface area contributed by atoms with E-state index >= 15 is 0 Å². The molecule has 1 N–H and O–H groups in total. The lowest BCUT2D eigenvalue weighted by Gasteiger charge is -2.41. The molecule has 2 amide bonds. The van der Waals surface area contributed by atoms with E-state index < -0.39 is 5.54 Å². The van der Waals surface area contributed by atoms with Gasteiger partial charge in [-0.05, 0) is 43.7 Å². The summed E-state index contributed by atoms with van der Waals surface area (Å²) in [5.74, 6) is 0.584. The second-order valence-corrected chi connectivity index (χ2v) is 6.95. The number of benzene rings is 1. The van der Waals surface area contributed by atoms with Gasteiger partial charge in [0, 0.05) is 11.8 Å². The van der Waals surface area contributed by atoms with Gasteiger partial charge in [-0.3, -0.25) is 9.59 Å². The first-order valence-corrected chi connectivity index (χ1v) is 8.89. The summed E-state index contributed by atoms with van der Waals surface area (Å²) in [7, 11) is 0. The lowest BCUT2D eigenvalue weighted by atomic mass is 9.90. The monoisotopic (exact) mass is 377 g/mol. The van der Waals surface area contributed by atoms with Crippen molar-refractivity contribution >= 4 is 17.6 Å². The van der Waals surface area contributed by atoms with Gasteiger partial charge in [0.25, 0.3) is 11.8 Å². The highest BCUT2D eigenvalue weighted by atomic mass is 16.5. The largest absolute Gasteiger partial charge is 0.347 e. The van der Waals surface area contributed by atoms with E-state index in [9.17, 15) is 9.59 Å². The van der Waals surface area contributed by atoms with Crippen LogP contribution in [-0.2, 0) is 16.1 Å². The first kappa shape index (κ1) is 17.8. The minimum atomic E-state index is -1.08. The van der Waals surface area contributed by atoms with Crippen LogP contribution in [-0.4, -0.2) is 38.2 Å². The van der Waals surface area contributed by atoms with E-state index in [0.717, 1.165) is 11.1 Å². The van der Waals surface area contributed by atoms with Crippen LogP contribution in [0.15, 0.2) is 63.8 Å². The molecule has 0 unspecified atom stereocenters. The normalized spacial score (nSPS) is 21.1. The Kier molecular flexibility index (Phi) is 4.38. The third-order valence-electron chi connectivity index (χ3n) is 4.74. The SMILES string of the molecule is CC1=CC2=NC(=O)C[C@](C)(C(=O)NCc3noc(-c4ccccc4)n3)N2C=C1. The lowest BCUT2D eigenvalue weighted by molar-refractivity contribution is -0.134. The van der Waals surface area contributed by atoms with Gasteiger partial charge in [0.1, 0.15) is 11.4 Å². The second kappa shape index (κ2) is 6.88. The quantitative estimate of drug-likeness (QED) is 0.877. The van der Waals surface area contributed by atoms with Gasteiger partial charge in [0.2, 0.25) is 5.91 Å². The highest BCUT2D eigenvalue weighted by molar-refractivity contribution is 6.09. The maximum Gasteiger partial charge on any atom is 0.257 e. The molecule has 0 aliphatic carbocycles. The van der Waals surface area contributed by atoms with Crippen LogP contribution in [0.5, 0.6) is 0 Å². The van der Waals surface area contributed by atoms with Crippen LogP contribution in [0.25, 0.3) is 11.5 Å². The van der Waals surface area contributed by atoms with Crippen LogP contribution < -0.4 is 5.32 Å². The third-order valence-corrected chi connectivity index (χ3v) is 4.74. The van der Waals surface area contributed by atoms with Crippen molar-refractivity contribution in [2.75, 3.05) is 0 Å². The fourth-order valence-electron chi connectivity index (χ4n) is 3.20. The fraction of sp³-hybridized carbons (Fsp3) is 0.250. The van der Waals surface area contributed by atoms with E-state index in [4.69, 9.17) is 4.52 Å². The zero-order valence-corrected chi connectivity index (χ0v) is 15.5. The Morgan fingerprint density at radius 2 is 2.11 bits per heavy atom. The Balaban J connectivity index is 1.48. The molecule has 0 saturated heterocycles. The van der Waals surface area contributed by atoms with Gasteiger partial charge in [0.15, 0.2) is 5.82 Å². The summed E-state index contributed by atoms with van der Waals surface area (Å²) in [5, 5.41) is 6.72. The molecule has 2 aromatic rings. The third kappa shape index (κ3) is 3.24. The van der Waals surface area contributed by atoms with E-state index in [1.165, 1.54) is 0 Å². The summed E-state index contributed by atoms with van der Waals surface area (Å²) < 4.78 is 5.25. The molecular weight excluding hydrogens is 358 g/mol. The molecule has 0 fully saturated rings. The maximum atomic E-state index is 13.0. The van der Waals surface area contributed by atoms with Crippen molar-refractivity contribution in [3.05, 3.63) is 60.1 Å². The number of nitrogens with zero attached hydrogens (tertiary/aromatic N) is 4. The number of hydrogen-bond acceptors (Lipinski definition) is 6. The number of aromatic nitrogens is 2. The van der Waals surface area contributed by atoms with E-state index in [-0.39, 0.29) is 24.8 Å². The van der Waals surface area contributed by atoms with Crippen molar-refractivity contribution in [3.63, 3.8) is 0 Å². The summed E-state index contributed by atoms with van der Waals surface area (Å²) in [6, 6.07) is 9.39. The van der Waals surface area contributed by atoms with Crippen LogP contribution in [0, 0.1) is 0 Å². The van der Waals surface area contributed by atoms with E-state index in [1.807, 2.05) is 43.3 Å². The van der Waals surface area contributed by atoms with Gasteiger partial charge in [-0.15, -0.1) is 0 Å². The number of carbonyl (C=O) groups excluding carboxylic acids is 2. The van der Waals surface area contributed by atoms with Gasteiger partial charge >= 0.3 is 0 Å². The van der Waals surface area contributed by atoms with Crippen molar-refractivity contribution in [1.29, 1.82) is 0 Å². The minimum absolute atomic E-state index is 0.0128. The van der Waals surface area contributed by atoms with Crippen LogP contribution in [0.3, 0.4) is 0 Å². The summed E-state index contributed by atoms with van der Waals surface area (Å²) >= 11 is 0. The topological polar surface area (TPSA) is 101 Å². The number of hydrogen-bond donors (Lipinski definition) is 1. The first-order chi connectivity index (χ1) is 13.5. The molecule has 8 nitrogen and oxygen atoms in total. The number of aliphatic imine (C=N–C) groups is 1. The molecule has 1 atom stereocenters. The molecule has 8 heteroatoms. The molecule has 4 rings (SSSR count). The number of fused-ring (bicyclic) bond motifs is 1. The number of allylic oxidation sites excluding steroid dienone is 2. The van der Waals surface area contributed by atoms with E-state index in [2.05, 4.69) is 20.4 Å². The Hall–Kier alpha value is -3.55. The van der Waals surface area contributed by atoms with Gasteiger partial charge in [-0.1, -0.05) is 23.4 Å². The standard InChI is InChI=1S/C20H19N5O3/c1-13-8-9-25-16(10-13)23-17(26)11-20(25,2)19(27)21-12-15-22-18(28-24-15)14-6-4-3-5-7-14/h3-10H,11-12H2,1-2H3,(H,21,27)/t20-/m1/s1. The summed E-state index contributed by atoms with van der Waals surface area (Å²) in [6.45, 7) is 3.73. The van der Waals surface area contributed by atoms with Gasteiger partial charge in [0.05, 0.1) is 13.0 Å². The smallest absolute Gasteiger partial charge is 0.257 e. The first-order valence-electron chi connectivity index (χ1n) is 8.89. The van der Waals surface area contributed by atoms with Crippen molar-refractivity contribution < 1.29 is 14.1 Å². The average Bonchev–Trinajstić information content (AvgIpc) is 3.15. The van der Waals surface area contributed by atoms with Crippen LogP contribution in [0.2, 0.25) is 0 Å². The van der Waals surface area contributed by atoms with Gasteiger partial charge < -0.3 is 14.7 Å². The molecular formula is C20H19N5O3. The van der Waals surface area contributed by atoms with Crippen LogP contribution in [0.1, 0.15) is 26.1 Å². The summed E-state index contributed by atoms with van der Waals surface area (Å²) in [5.41, 5.74) is 0.694. The summed E-state index contributed by atoms with van der Waals surface area (Å²) in [6.07, 6.45) is 5.43. The zero-order valence-electron chi connectivity index (χ0n) is 15.5. The molecule has 0 radical (unpaired) electrons. The van der Waals surface area contributed by atoms with Crippen molar-refractivity contribution in [2.24, 2.45) is 4.99 Å². The molecule has 0 bridgehead atoms. The van der Waals surface area contributed by atoms with Crippen LogP contribution >= 0.6 is 0 Å². The lowest BCUT2D eigenvalue weighted by Crippen LogP contribution is -2.59. The molecule has 2 aliphatic rings. The number of rotatable bonds is 4.